The standard InChI is InChI=1S/C10H10F6N2O/c11-9(12,13)7(10(14,15)16)8(19)18-3-1-2-6(4-17)5-18/h6-7H,1-3,5H2. The molecule has 1 amide bonds. The van der Waals surface area contributed by atoms with Gasteiger partial charge in [-0.15, -0.1) is 0 Å². The lowest BCUT2D eigenvalue weighted by Crippen LogP contribution is -2.51. The van der Waals surface area contributed by atoms with Gasteiger partial charge in [0.1, 0.15) is 0 Å². The number of hydrogen-bond acceptors (Lipinski definition) is 2. The van der Waals surface area contributed by atoms with Crippen LogP contribution in [0.25, 0.3) is 0 Å². The number of amides is 1. The van der Waals surface area contributed by atoms with Crippen LogP contribution in [0, 0.1) is 23.2 Å². The van der Waals surface area contributed by atoms with E-state index in [1.165, 1.54) is 0 Å². The first-order valence-electron chi connectivity index (χ1n) is 5.39. The average Bonchev–Trinajstić information content (AvgIpc) is 2.25. The van der Waals surface area contributed by atoms with Crippen molar-refractivity contribution in [2.75, 3.05) is 13.1 Å². The van der Waals surface area contributed by atoms with Gasteiger partial charge in [0.2, 0.25) is 11.8 Å². The summed E-state index contributed by atoms with van der Waals surface area (Å²) in [5.74, 6) is -6.77. The van der Waals surface area contributed by atoms with E-state index in [0.717, 1.165) is 0 Å². The van der Waals surface area contributed by atoms with Crippen LogP contribution in [0.2, 0.25) is 0 Å². The smallest absolute Gasteiger partial charge is 0.341 e. The molecule has 1 aliphatic heterocycles. The second kappa shape index (κ2) is 5.27. The van der Waals surface area contributed by atoms with Crippen molar-refractivity contribution in [3.63, 3.8) is 0 Å². The Hall–Kier alpha value is -1.46. The van der Waals surface area contributed by atoms with Crippen molar-refractivity contribution in [2.24, 2.45) is 11.8 Å². The largest absolute Gasteiger partial charge is 0.409 e. The van der Waals surface area contributed by atoms with Crippen LogP contribution in [0.1, 0.15) is 12.8 Å². The summed E-state index contributed by atoms with van der Waals surface area (Å²) < 4.78 is 74.2. The summed E-state index contributed by atoms with van der Waals surface area (Å²) in [7, 11) is 0. The zero-order valence-electron chi connectivity index (χ0n) is 9.55. The van der Waals surface area contributed by atoms with Crippen LogP contribution in [0.3, 0.4) is 0 Å². The van der Waals surface area contributed by atoms with E-state index < -0.39 is 36.6 Å². The minimum absolute atomic E-state index is 0.195. The summed E-state index contributed by atoms with van der Waals surface area (Å²) in [6, 6.07) is 1.75. The maximum absolute atomic E-state index is 12.4. The topological polar surface area (TPSA) is 44.1 Å². The first kappa shape index (κ1) is 15.6. The zero-order valence-corrected chi connectivity index (χ0v) is 9.55. The maximum atomic E-state index is 12.4. The molecule has 0 bridgehead atoms. The molecule has 19 heavy (non-hydrogen) atoms. The van der Waals surface area contributed by atoms with E-state index in [4.69, 9.17) is 5.26 Å². The molecule has 108 valence electrons. The first-order valence-corrected chi connectivity index (χ1v) is 5.39. The molecule has 1 aliphatic rings. The van der Waals surface area contributed by atoms with E-state index in [9.17, 15) is 31.1 Å². The quantitative estimate of drug-likeness (QED) is 0.696. The van der Waals surface area contributed by atoms with Gasteiger partial charge in [0.15, 0.2) is 0 Å². The van der Waals surface area contributed by atoms with Crippen molar-refractivity contribution < 1.29 is 31.1 Å². The summed E-state index contributed by atoms with van der Waals surface area (Å²) in [5, 5.41) is 8.62. The number of nitriles is 1. The molecule has 1 atom stereocenters. The van der Waals surface area contributed by atoms with E-state index in [-0.39, 0.29) is 13.0 Å². The van der Waals surface area contributed by atoms with Crippen LogP contribution in [0.4, 0.5) is 26.3 Å². The Morgan fingerprint density at radius 1 is 1.21 bits per heavy atom. The molecule has 0 N–H and O–H groups in total. The molecule has 1 unspecified atom stereocenters. The third-order valence-electron chi connectivity index (χ3n) is 2.82. The lowest BCUT2D eigenvalue weighted by molar-refractivity contribution is -0.277. The van der Waals surface area contributed by atoms with Gasteiger partial charge in [0, 0.05) is 13.1 Å². The molecule has 1 heterocycles. The summed E-state index contributed by atoms with van der Waals surface area (Å²) in [4.78, 5) is 11.9. The van der Waals surface area contributed by atoms with Crippen LogP contribution in [-0.2, 0) is 4.79 Å². The molecular formula is C10H10F6N2O. The number of piperidine rings is 1. The Morgan fingerprint density at radius 3 is 2.16 bits per heavy atom. The van der Waals surface area contributed by atoms with Crippen molar-refractivity contribution in [3.8, 4) is 6.07 Å². The molecule has 0 aromatic heterocycles. The number of nitrogens with zero attached hydrogens (tertiary/aromatic N) is 2. The second-order valence-corrected chi connectivity index (χ2v) is 4.27. The van der Waals surface area contributed by atoms with Crippen LogP contribution >= 0.6 is 0 Å². The van der Waals surface area contributed by atoms with Gasteiger partial charge in [-0.25, -0.2) is 0 Å². The molecule has 0 spiro atoms. The highest BCUT2D eigenvalue weighted by molar-refractivity contribution is 5.80. The third kappa shape index (κ3) is 3.75. The van der Waals surface area contributed by atoms with Crippen LogP contribution in [-0.4, -0.2) is 36.2 Å². The van der Waals surface area contributed by atoms with Gasteiger partial charge in [0.25, 0.3) is 0 Å². The molecule has 0 aromatic rings. The molecule has 0 radical (unpaired) electrons. The number of alkyl halides is 6. The predicted molar refractivity (Wildman–Crippen MR) is 50.5 cm³/mol. The zero-order chi connectivity index (χ0) is 14.8. The number of carbonyl (C=O) groups excluding carboxylic acids is 1. The number of carbonyl (C=O) groups is 1. The molecule has 9 heteroatoms. The monoisotopic (exact) mass is 288 g/mol. The predicted octanol–water partition coefficient (Wildman–Crippen LogP) is 2.49. The fourth-order valence-corrected chi connectivity index (χ4v) is 1.93. The molecule has 3 nitrogen and oxygen atoms in total. The molecular weight excluding hydrogens is 278 g/mol. The van der Waals surface area contributed by atoms with Crippen molar-refractivity contribution in [1.29, 1.82) is 5.26 Å². The van der Waals surface area contributed by atoms with Crippen molar-refractivity contribution in [1.82, 2.24) is 4.90 Å². The second-order valence-electron chi connectivity index (χ2n) is 4.27. The highest BCUT2D eigenvalue weighted by atomic mass is 19.4. The Balaban J connectivity index is 2.92. The fourth-order valence-electron chi connectivity index (χ4n) is 1.93. The summed E-state index contributed by atoms with van der Waals surface area (Å²) in [5.41, 5.74) is 0. The van der Waals surface area contributed by atoms with Gasteiger partial charge in [-0.2, -0.15) is 31.6 Å². The maximum Gasteiger partial charge on any atom is 0.409 e. The van der Waals surface area contributed by atoms with E-state index in [1.807, 2.05) is 0 Å². The first-order chi connectivity index (χ1) is 8.57. The summed E-state index contributed by atoms with van der Waals surface area (Å²) in [6.45, 7) is -0.586. The van der Waals surface area contributed by atoms with Gasteiger partial charge in [-0.3, -0.25) is 4.79 Å². The highest BCUT2D eigenvalue weighted by Crippen LogP contribution is 2.40. The molecule has 1 saturated heterocycles. The summed E-state index contributed by atoms with van der Waals surface area (Å²) in [6.07, 6.45) is -10.8. The van der Waals surface area contributed by atoms with Gasteiger partial charge >= 0.3 is 12.4 Å². The van der Waals surface area contributed by atoms with Gasteiger partial charge in [0.05, 0.1) is 12.0 Å². The highest BCUT2D eigenvalue weighted by Gasteiger charge is 2.62. The fraction of sp³-hybridized carbons (Fsp3) is 0.800. The SMILES string of the molecule is N#CC1CCCN(C(=O)C(C(F)(F)F)C(F)(F)F)C1. The Kier molecular flexibility index (Phi) is 4.32. The molecule has 0 aromatic carbocycles. The average molecular weight is 288 g/mol. The lowest BCUT2D eigenvalue weighted by Gasteiger charge is -2.33. The number of rotatable bonds is 1. The van der Waals surface area contributed by atoms with Gasteiger partial charge < -0.3 is 4.90 Å². The lowest BCUT2D eigenvalue weighted by atomic mass is 9.97. The normalized spacial score (nSPS) is 21.4. The van der Waals surface area contributed by atoms with E-state index in [2.05, 4.69) is 0 Å². The number of hydrogen-bond donors (Lipinski definition) is 0. The third-order valence-corrected chi connectivity index (χ3v) is 2.82. The van der Waals surface area contributed by atoms with Crippen LogP contribution < -0.4 is 0 Å². The minimum Gasteiger partial charge on any atom is -0.341 e. The Morgan fingerprint density at radius 2 is 1.74 bits per heavy atom. The number of halogens is 6. The molecule has 1 fully saturated rings. The van der Waals surface area contributed by atoms with Crippen LogP contribution in [0.5, 0.6) is 0 Å². The van der Waals surface area contributed by atoms with Gasteiger partial charge in [-0.1, -0.05) is 0 Å². The molecule has 0 saturated carbocycles. The number of likely N-dealkylation sites (tertiary alicyclic amines) is 1. The van der Waals surface area contributed by atoms with Gasteiger partial charge in [-0.05, 0) is 12.8 Å². The minimum atomic E-state index is -5.69. The van der Waals surface area contributed by atoms with Crippen LogP contribution in [0.15, 0.2) is 0 Å². The Labute approximate surface area is 104 Å². The van der Waals surface area contributed by atoms with E-state index in [0.29, 0.717) is 11.3 Å². The molecule has 1 rings (SSSR count). The summed E-state index contributed by atoms with van der Waals surface area (Å²) >= 11 is 0. The van der Waals surface area contributed by atoms with E-state index >= 15 is 0 Å². The molecule has 0 aliphatic carbocycles. The van der Waals surface area contributed by atoms with Crippen molar-refractivity contribution in [3.05, 3.63) is 0 Å². The van der Waals surface area contributed by atoms with Crippen molar-refractivity contribution >= 4 is 5.91 Å². The van der Waals surface area contributed by atoms with E-state index in [1.54, 1.807) is 6.07 Å². The van der Waals surface area contributed by atoms with Crippen molar-refractivity contribution in [2.45, 2.75) is 25.2 Å². The Bertz CT molecular complexity index is 369.